The summed E-state index contributed by atoms with van der Waals surface area (Å²) >= 11 is 0. The van der Waals surface area contributed by atoms with Gasteiger partial charge in [0.25, 0.3) is 0 Å². The SMILES string of the molecule is CCCCCCC(CC)(P(=O)(O)O)P(=O)(O)O.O=P(O)(O)O. The van der Waals surface area contributed by atoms with E-state index < -0.39 is 27.9 Å². The molecule has 0 aromatic carbocycles. The molecule has 0 spiro atoms. The summed E-state index contributed by atoms with van der Waals surface area (Å²) in [5.41, 5.74) is 0. The molecule has 0 bridgehead atoms. The van der Waals surface area contributed by atoms with Crippen LogP contribution in [0.15, 0.2) is 0 Å². The molecule has 0 radical (unpaired) electrons. The second-order valence-corrected chi connectivity index (χ2v) is 10.0. The van der Waals surface area contributed by atoms with Crippen LogP contribution in [-0.4, -0.2) is 39.2 Å². The van der Waals surface area contributed by atoms with Gasteiger partial charge in [0.15, 0.2) is 4.90 Å². The van der Waals surface area contributed by atoms with Crippen LogP contribution in [0.25, 0.3) is 0 Å². The van der Waals surface area contributed by atoms with Crippen LogP contribution in [-0.2, 0) is 13.7 Å². The average molecular weight is 386 g/mol. The highest BCUT2D eigenvalue weighted by molar-refractivity contribution is 7.72. The Hall–Kier alpha value is 0.410. The van der Waals surface area contributed by atoms with E-state index in [2.05, 4.69) is 0 Å². The number of unbranched alkanes of at least 4 members (excludes halogenated alkanes) is 3. The van der Waals surface area contributed by atoms with E-state index in [0.717, 1.165) is 19.3 Å². The minimum Gasteiger partial charge on any atom is -0.324 e. The van der Waals surface area contributed by atoms with E-state index in [-0.39, 0.29) is 12.8 Å². The fourth-order valence-electron chi connectivity index (χ4n) is 1.88. The van der Waals surface area contributed by atoms with Crippen molar-refractivity contribution in [3.8, 4) is 0 Å². The number of phosphoric acid groups is 1. The predicted molar refractivity (Wildman–Crippen MR) is 80.1 cm³/mol. The van der Waals surface area contributed by atoms with E-state index in [9.17, 15) is 28.7 Å². The largest absolute Gasteiger partial charge is 0.466 e. The smallest absolute Gasteiger partial charge is 0.324 e. The lowest BCUT2D eigenvalue weighted by Crippen LogP contribution is -2.28. The van der Waals surface area contributed by atoms with Crippen LogP contribution in [0.4, 0.5) is 0 Å². The average Bonchev–Trinajstić information content (AvgIpc) is 2.23. The first kappa shape index (κ1) is 24.7. The zero-order valence-corrected chi connectivity index (χ0v) is 15.1. The first-order valence-corrected chi connectivity index (χ1v) is 11.3. The van der Waals surface area contributed by atoms with E-state index in [4.69, 9.17) is 19.2 Å². The summed E-state index contributed by atoms with van der Waals surface area (Å²) in [6.45, 7) is 3.39. The molecule has 0 fully saturated rings. The summed E-state index contributed by atoms with van der Waals surface area (Å²) < 4.78 is 31.7. The third-order valence-electron chi connectivity index (χ3n) is 3.08. The van der Waals surface area contributed by atoms with E-state index in [1.165, 1.54) is 6.92 Å². The van der Waals surface area contributed by atoms with Crippen molar-refractivity contribution < 1.29 is 47.9 Å². The first-order chi connectivity index (χ1) is 9.62. The van der Waals surface area contributed by atoms with Crippen LogP contribution in [0.1, 0.15) is 52.4 Å². The second-order valence-electron chi connectivity index (χ2n) is 4.75. The number of hydrogen-bond donors (Lipinski definition) is 7. The van der Waals surface area contributed by atoms with Crippen molar-refractivity contribution in [1.29, 1.82) is 0 Å². The fourth-order valence-corrected chi connectivity index (χ4v) is 4.96. The Balaban J connectivity index is 0. The topological polar surface area (TPSA) is 193 Å². The molecule has 0 heterocycles. The molecule has 0 aromatic heterocycles. The van der Waals surface area contributed by atoms with E-state index >= 15 is 0 Å². The summed E-state index contributed by atoms with van der Waals surface area (Å²) in [4.78, 5) is 56.3. The maximum atomic E-state index is 11.4. The van der Waals surface area contributed by atoms with Crippen LogP contribution in [0.3, 0.4) is 0 Å². The van der Waals surface area contributed by atoms with Gasteiger partial charge in [-0.05, 0) is 12.8 Å². The summed E-state index contributed by atoms with van der Waals surface area (Å²) in [6, 6.07) is 0. The van der Waals surface area contributed by atoms with E-state index in [1.807, 2.05) is 6.92 Å². The normalized spacial score (nSPS) is 13.5. The van der Waals surface area contributed by atoms with Gasteiger partial charge < -0.3 is 34.3 Å². The summed E-state index contributed by atoms with van der Waals surface area (Å²) in [5, 5.41) is 0. The highest BCUT2D eigenvalue weighted by Crippen LogP contribution is 2.72. The zero-order valence-electron chi connectivity index (χ0n) is 12.4. The highest BCUT2D eigenvalue weighted by Gasteiger charge is 2.57. The van der Waals surface area contributed by atoms with Crippen LogP contribution in [0.2, 0.25) is 0 Å². The standard InChI is InChI=1S/C9H22O6P2.H3O4P/c1-3-5-6-7-8-9(4-2,16(10,11)12)17(13,14)15;1-5(2,3)4/h3-8H2,1-2H3,(H2,10,11,12)(H2,13,14,15);(H3,1,2,3,4). The molecule has 136 valence electrons. The zero-order chi connectivity index (χ0) is 18.2. The summed E-state index contributed by atoms with van der Waals surface area (Å²) in [6.07, 6.45) is 2.61. The van der Waals surface area contributed by atoms with Crippen molar-refractivity contribution in [1.82, 2.24) is 0 Å². The van der Waals surface area contributed by atoms with Crippen LogP contribution >= 0.6 is 23.0 Å². The molecule has 0 aliphatic heterocycles. The second kappa shape index (κ2) is 9.64. The molecule has 0 rings (SSSR count). The minimum atomic E-state index is -4.84. The Kier molecular flexibility index (Phi) is 10.8. The molecule has 0 aliphatic rings. The maximum Gasteiger partial charge on any atom is 0.466 e. The molecule has 0 saturated heterocycles. The molecule has 0 atom stereocenters. The predicted octanol–water partition coefficient (Wildman–Crippen LogP) is 1.49. The molecule has 7 N–H and O–H groups in total. The van der Waals surface area contributed by atoms with E-state index in [0.29, 0.717) is 6.42 Å². The van der Waals surface area contributed by atoms with Gasteiger partial charge in [-0.3, -0.25) is 9.13 Å². The van der Waals surface area contributed by atoms with Gasteiger partial charge in [0.1, 0.15) is 0 Å². The third-order valence-corrected chi connectivity index (χ3v) is 7.89. The molecule has 0 aromatic rings. The van der Waals surface area contributed by atoms with Gasteiger partial charge in [0.05, 0.1) is 0 Å². The Morgan fingerprint density at radius 1 is 0.727 bits per heavy atom. The molecule has 0 unspecified atom stereocenters. The fraction of sp³-hybridized carbons (Fsp3) is 1.00. The lowest BCUT2D eigenvalue weighted by atomic mass is 10.1. The monoisotopic (exact) mass is 386 g/mol. The lowest BCUT2D eigenvalue weighted by Gasteiger charge is -2.33. The third kappa shape index (κ3) is 9.53. The van der Waals surface area contributed by atoms with Gasteiger partial charge in [-0.15, -0.1) is 0 Å². The van der Waals surface area contributed by atoms with Crippen molar-refractivity contribution in [2.45, 2.75) is 57.3 Å². The van der Waals surface area contributed by atoms with Crippen LogP contribution < -0.4 is 0 Å². The Bertz CT molecular complexity index is 416. The molecular formula is C9H25O10P3. The summed E-state index contributed by atoms with van der Waals surface area (Å²) in [7, 11) is -14.3. The van der Waals surface area contributed by atoms with Crippen molar-refractivity contribution in [3.63, 3.8) is 0 Å². The van der Waals surface area contributed by atoms with Crippen molar-refractivity contribution in [2.75, 3.05) is 0 Å². The molecular weight excluding hydrogens is 361 g/mol. The Morgan fingerprint density at radius 2 is 1.09 bits per heavy atom. The Labute approximate surface area is 129 Å². The molecule has 0 aliphatic carbocycles. The molecule has 0 saturated carbocycles. The van der Waals surface area contributed by atoms with Gasteiger partial charge >= 0.3 is 23.0 Å². The minimum absolute atomic E-state index is 0.141. The van der Waals surface area contributed by atoms with Crippen molar-refractivity contribution in [3.05, 3.63) is 0 Å². The van der Waals surface area contributed by atoms with Gasteiger partial charge in [0.2, 0.25) is 0 Å². The van der Waals surface area contributed by atoms with Gasteiger partial charge in [-0.25, -0.2) is 4.57 Å². The molecule has 13 heteroatoms. The number of hydrogen-bond acceptors (Lipinski definition) is 3. The maximum absolute atomic E-state index is 11.4. The molecule has 22 heavy (non-hydrogen) atoms. The molecule has 0 amide bonds. The highest BCUT2D eigenvalue weighted by atomic mass is 31.2. The van der Waals surface area contributed by atoms with Crippen molar-refractivity contribution in [2.24, 2.45) is 0 Å². The quantitative estimate of drug-likeness (QED) is 0.237. The first-order valence-electron chi connectivity index (χ1n) is 6.52. The van der Waals surface area contributed by atoms with Gasteiger partial charge in [-0.2, -0.15) is 0 Å². The Morgan fingerprint density at radius 3 is 1.32 bits per heavy atom. The van der Waals surface area contributed by atoms with Crippen molar-refractivity contribution >= 4 is 23.0 Å². The van der Waals surface area contributed by atoms with Gasteiger partial charge in [-0.1, -0.05) is 39.5 Å². The van der Waals surface area contributed by atoms with E-state index in [1.54, 1.807) is 0 Å². The van der Waals surface area contributed by atoms with Crippen LogP contribution in [0.5, 0.6) is 0 Å². The number of rotatable bonds is 8. The molecule has 10 nitrogen and oxygen atoms in total. The lowest BCUT2D eigenvalue weighted by molar-refractivity contribution is 0.275. The summed E-state index contributed by atoms with van der Waals surface area (Å²) in [5.74, 6) is 0. The van der Waals surface area contributed by atoms with Gasteiger partial charge in [0, 0.05) is 0 Å². The van der Waals surface area contributed by atoms with Crippen LogP contribution in [0, 0.1) is 0 Å².